The second-order valence-electron chi connectivity index (χ2n) is 5.07. The third-order valence-corrected chi connectivity index (χ3v) is 4.10. The zero-order chi connectivity index (χ0) is 13.9. The van der Waals surface area contributed by atoms with Crippen LogP contribution in [0, 0.1) is 0 Å². The second kappa shape index (κ2) is 5.74. The van der Waals surface area contributed by atoms with Gasteiger partial charge in [0.1, 0.15) is 5.54 Å². The first-order valence-electron chi connectivity index (χ1n) is 6.99. The van der Waals surface area contributed by atoms with Crippen molar-refractivity contribution in [2.24, 2.45) is 0 Å². The highest BCUT2D eigenvalue weighted by atomic mass is 16.5. The van der Waals surface area contributed by atoms with Gasteiger partial charge in [-0.15, -0.1) is 6.58 Å². The Morgan fingerprint density at radius 2 is 2.21 bits per heavy atom. The summed E-state index contributed by atoms with van der Waals surface area (Å²) in [7, 11) is 0. The van der Waals surface area contributed by atoms with E-state index in [-0.39, 0.29) is 11.9 Å². The average Bonchev–Trinajstić information content (AvgIpc) is 2.93. The van der Waals surface area contributed by atoms with Gasteiger partial charge in [0.05, 0.1) is 19.8 Å². The molecule has 5 nitrogen and oxygen atoms in total. The first-order valence-corrected chi connectivity index (χ1v) is 6.99. The Morgan fingerprint density at radius 3 is 2.84 bits per heavy atom. The zero-order valence-electron chi connectivity index (χ0n) is 11.6. The van der Waals surface area contributed by atoms with Crippen molar-refractivity contribution in [2.75, 3.05) is 26.3 Å². The number of amides is 3. The Kier molecular flexibility index (Phi) is 4.24. The Balaban J connectivity index is 1.94. The summed E-state index contributed by atoms with van der Waals surface area (Å²) in [6.07, 6.45) is 4.99. The van der Waals surface area contributed by atoms with E-state index in [1.807, 2.05) is 6.92 Å². The number of ether oxygens (including phenoxy) is 1. The van der Waals surface area contributed by atoms with Crippen LogP contribution in [0.3, 0.4) is 0 Å². The molecular weight excluding hydrogens is 244 g/mol. The van der Waals surface area contributed by atoms with Crippen molar-refractivity contribution in [3.05, 3.63) is 12.7 Å². The van der Waals surface area contributed by atoms with Crippen LogP contribution >= 0.6 is 0 Å². The van der Waals surface area contributed by atoms with Crippen molar-refractivity contribution in [3.63, 3.8) is 0 Å². The molecule has 0 aromatic heterocycles. The number of fused-ring (bicyclic) bond motifs is 1. The third-order valence-electron chi connectivity index (χ3n) is 4.10. The quantitative estimate of drug-likeness (QED) is 0.401. The van der Waals surface area contributed by atoms with Crippen LogP contribution in [0.2, 0.25) is 0 Å². The lowest BCUT2D eigenvalue weighted by Gasteiger charge is -2.26. The second-order valence-corrected chi connectivity index (χ2v) is 5.07. The SMILES string of the molecule is C=CCCOCCN1C(=O)N2CCC[C@@]2(CC)C1=O. The minimum absolute atomic E-state index is 0.0372. The summed E-state index contributed by atoms with van der Waals surface area (Å²) in [5, 5.41) is 0. The molecule has 2 fully saturated rings. The fraction of sp³-hybridized carbons (Fsp3) is 0.714. The number of imide groups is 1. The van der Waals surface area contributed by atoms with Crippen LogP contribution in [0.25, 0.3) is 0 Å². The molecular formula is C14H22N2O3. The van der Waals surface area contributed by atoms with Gasteiger partial charge >= 0.3 is 6.03 Å². The highest BCUT2D eigenvalue weighted by Gasteiger charge is 2.57. The van der Waals surface area contributed by atoms with E-state index in [1.54, 1.807) is 11.0 Å². The van der Waals surface area contributed by atoms with Crippen molar-refractivity contribution in [1.82, 2.24) is 9.80 Å². The van der Waals surface area contributed by atoms with Crippen LogP contribution in [0.4, 0.5) is 4.79 Å². The van der Waals surface area contributed by atoms with Crippen molar-refractivity contribution in [1.29, 1.82) is 0 Å². The van der Waals surface area contributed by atoms with Crippen molar-refractivity contribution in [3.8, 4) is 0 Å². The number of nitrogens with zero attached hydrogens (tertiary/aromatic N) is 2. The van der Waals surface area contributed by atoms with Gasteiger partial charge in [0.25, 0.3) is 5.91 Å². The number of rotatable bonds is 7. The molecule has 5 heteroatoms. The lowest BCUT2D eigenvalue weighted by Crippen LogP contribution is -2.44. The minimum Gasteiger partial charge on any atom is -0.379 e. The first-order chi connectivity index (χ1) is 9.17. The van der Waals surface area contributed by atoms with Crippen molar-refractivity contribution < 1.29 is 14.3 Å². The summed E-state index contributed by atoms with van der Waals surface area (Å²) in [5.41, 5.74) is -0.557. The number of hydrogen-bond acceptors (Lipinski definition) is 3. The number of hydrogen-bond donors (Lipinski definition) is 0. The lowest BCUT2D eigenvalue weighted by atomic mass is 9.93. The molecule has 2 aliphatic rings. The van der Waals surface area contributed by atoms with Crippen molar-refractivity contribution >= 4 is 11.9 Å². The molecule has 0 unspecified atom stereocenters. The molecule has 0 N–H and O–H groups in total. The molecule has 0 spiro atoms. The molecule has 2 saturated heterocycles. The van der Waals surface area contributed by atoms with Gasteiger partial charge in [0.2, 0.25) is 0 Å². The molecule has 0 aromatic rings. The number of carbonyl (C=O) groups is 2. The van der Waals surface area contributed by atoms with E-state index >= 15 is 0 Å². The molecule has 2 heterocycles. The minimum atomic E-state index is -0.557. The summed E-state index contributed by atoms with van der Waals surface area (Å²) in [5.74, 6) is -0.0372. The summed E-state index contributed by atoms with van der Waals surface area (Å²) >= 11 is 0. The highest BCUT2D eigenvalue weighted by Crippen LogP contribution is 2.39. The van der Waals surface area contributed by atoms with Crippen LogP contribution < -0.4 is 0 Å². The van der Waals surface area contributed by atoms with E-state index in [0.29, 0.717) is 32.7 Å². The average molecular weight is 266 g/mol. The molecule has 0 radical (unpaired) electrons. The zero-order valence-corrected chi connectivity index (χ0v) is 11.6. The van der Waals surface area contributed by atoms with Gasteiger partial charge in [-0.1, -0.05) is 13.0 Å². The van der Waals surface area contributed by atoms with E-state index in [4.69, 9.17) is 4.74 Å². The van der Waals surface area contributed by atoms with Gasteiger partial charge in [0, 0.05) is 6.54 Å². The highest BCUT2D eigenvalue weighted by molar-refractivity contribution is 6.07. The predicted molar refractivity (Wildman–Crippen MR) is 71.7 cm³/mol. The van der Waals surface area contributed by atoms with Gasteiger partial charge in [-0.3, -0.25) is 9.69 Å². The molecule has 106 valence electrons. The molecule has 0 aromatic carbocycles. The monoisotopic (exact) mass is 266 g/mol. The number of carbonyl (C=O) groups excluding carboxylic acids is 2. The molecule has 3 amide bonds. The van der Waals surface area contributed by atoms with Gasteiger partial charge in [-0.2, -0.15) is 0 Å². The standard InChI is InChI=1S/C14H22N2O3/c1-3-5-10-19-11-9-15-12(17)14(4-2)7-6-8-16(14)13(15)18/h3H,1,4-11H2,2H3/t14-/m0/s1. The molecule has 0 saturated carbocycles. The van der Waals surface area contributed by atoms with Gasteiger partial charge in [-0.05, 0) is 25.7 Å². The smallest absolute Gasteiger partial charge is 0.327 e. The van der Waals surface area contributed by atoms with Gasteiger partial charge in [-0.25, -0.2) is 4.79 Å². The van der Waals surface area contributed by atoms with Crippen molar-refractivity contribution in [2.45, 2.75) is 38.1 Å². The Bertz CT molecular complexity index is 383. The van der Waals surface area contributed by atoms with Crippen LogP contribution in [0.1, 0.15) is 32.6 Å². The molecule has 19 heavy (non-hydrogen) atoms. The van der Waals surface area contributed by atoms with Crippen LogP contribution in [-0.2, 0) is 9.53 Å². The van der Waals surface area contributed by atoms with Crippen LogP contribution in [0.5, 0.6) is 0 Å². The van der Waals surface area contributed by atoms with E-state index in [9.17, 15) is 9.59 Å². The first kappa shape index (κ1) is 14.1. The van der Waals surface area contributed by atoms with Crippen LogP contribution in [0.15, 0.2) is 12.7 Å². The Labute approximate surface area is 114 Å². The summed E-state index contributed by atoms with van der Waals surface area (Å²) < 4.78 is 5.39. The maximum atomic E-state index is 12.5. The van der Waals surface area contributed by atoms with E-state index < -0.39 is 5.54 Å². The predicted octanol–water partition coefficient (Wildman–Crippen LogP) is 1.79. The topological polar surface area (TPSA) is 49.9 Å². The maximum absolute atomic E-state index is 12.5. The molecule has 0 bridgehead atoms. The largest absolute Gasteiger partial charge is 0.379 e. The summed E-state index contributed by atoms with van der Waals surface area (Å²) in [6.45, 7) is 7.64. The van der Waals surface area contributed by atoms with E-state index in [2.05, 4.69) is 6.58 Å². The van der Waals surface area contributed by atoms with E-state index in [0.717, 1.165) is 19.3 Å². The summed E-state index contributed by atoms with van der Waals surface area (Å²) in [6, 6.07) is -0.142. The maximum Gasteiger partial charge on any atom is 0.327 e. The molecule has 1 atom stereocenters. The van der Waals surface area contributed by atoms with E-state index in [1.165, 1.54) is 4.90 Å². The fourth-order valence-corrected chi connectivity index (χ4v) is 3.00. The Hall–Kier alpha value is -1.36. The number of urea groups is 1. The molecule has 0 aliphatic carbocycles. The molecule has 2 aliphatic heterocycles. The third kappa shape index (κ3) is 2.27. The summed E-state index contributed by atoms with van der Waals surface area (Å²) in [4.78, 5) is 27.8. The van der Waals surface area contributed by atoms with Crippen LogP contribution in [-0.4, -0.2) is 53.6 Å². The molecule has 2 rings (SSSR count). The van der Waals surface area contributed by atoms with Gasteiger partial charge in [0.15, 0.2) is 0 Å². The fourth-order valence-electron chi connectivity index (χ4n) is 3.00. The Morgan fingerprint density at radius 1 is 1.42 bits per heavy atom. The normalized spacial score (nSPS) is 26.2. The van der Waals surface area contributed by atoms with Gasteiger partial charge < -0.3 is 9.64 Å². The lowest BCUT2D eigenvalue weighted by molar-refractivity contribution is -0.133.